The molecular weight excluding hydrogens is 337 g/mol. The van der Waals surface area contributed by atoms with Crippen LogP contribution in [0.25, 0.3) is 0 Å². The Balaban J connectivity index is 1.98. The number of nitrogens with zero attached hydrogens (tertiary/aromatic N) is 1. The van der Waals surface area contributed by atoms with Crippen LogP contribution in [0, 0.1) is 5.82 Å². The Bertz CT molecular complexity index is 516. The zero-order valence-corrected chi connectivity index (χ0v) is 14.0. The SMILES string of the molecule is CC(C)(C(=O)NCc1cc(F)ccc1Br)N1CCNCC1. The Hall–Kier alpha value is -0.980. The van der Waals surface area contributed by atoms with E-state index in [0.717, 1.165) is 36.2 Å². The lowest BCUT2D eigenvalue weighted by molar-refractivity contribution is -0.132. The molecule has 1 aliphatic rings. The van der Waals surface area contributed by atoms with Gasteiger partial charge < -0.3 is 10.6 Å². The van der Waals surface area contributed by atoms with Crippen molar-refractivity contribution in [3.63, 3.8) is 0 Å². The third kappa shape index (κ3) is 4.02. The Kier molecular flexibility index (Phi) is 5.35. The second-order valence-electron chi connectivity index (χ2n) is 5.71. The van der Waals surface area contributed by atoms with Gasteiger partial charge in [-0.3, -0.25) is 9.69 Å². The van der Waals surface area contributed by atoms with Crippen molar-refractivity contribution in [2.75, 3.05) is 26.2 Å². The first kappa shape index (κ1) is 16.4. The molecule has 0 saturated carbocycles. The second-order valence-corrected chi connectivity index (χ2v) is 6.57. The van der Waals surface area contributed by atoms with E-state index < -0.39 is 5.54 Å². The highest BCUT2D eigenvalue weighted by atomic mass is 79.9. The zero-order chi connectivity index (χ0) is 15.5. The molecule has 21 heavy (non-hydrogen) atoms. The van der Waals surface area contributed by atoms with Gasteiger partial charge >= 0.3 is 0 Å². The molecule has 1 saturated heterocycles. The number of rotatable bonds is 4. The lowest BCUT2D eigenvalue weighted by atomic mass is 10.0. The minimum absolute atomic E-state index is 0.0411. The van der Waals surface area contributed by atoms with Gasteiger partial charge in [-0.25, -0.2) is 4.39 Å². The monoisotopic (exact) mass is 357 g/mol. The molecule has 116 valence electrons. The molecule has 0 aliphatic carbocycles. The van der Waals surface area contributed by atoms with Gasteiger partial charge in [-0.2, -0.15) is 0 Å². The topological polar surface area (TPSA) is 44.4 Å². The van der Waals surface area contributed by atoms with Crippen LogP contribution in [0.15, 0.2) is 22.7 Å². The fraction of sp³-hybridized carbons (Fsp3) is 0.533. The average molecular weight is 358 g/mol. The third-order valence-electron chi connectivity index (χ3n) is 3.91. The van der Waals surface area contributed by atoms with Crippen LogP contribution in [0.4, 0.5) is 4.39 Å². The van der Waals surface area contributed by atoms with Crippen LogP contribution in [-0.4, -0.2) is 42.5 Å². The largest absolute Gasteiger partial charge is 0.350 e. The Labute approximate surface area is 133 Å². The average Bonchev–Trinajstić information content (AvgIpc) is 2.48. The van der Waals surface area contributed by atoms with Crippen molar-refractivity contribution in [2.24, 2.45) is 0 Å². The third-order valence-corrected chi connectivity index (χ3v) is 4.68. The molecule has 4 nitrogen and oxygen atoms in total. The first-order valence-corrected chi connectivity index (χ1v) is 7.88. The van der Waals surface area contributed by atoms with Crippen molar-refractivity contribution in [2.45, 2.75) is 25.9 Å². The summed E-state index contributed by atoms with van der Waals surface area (Å²) in [4.78, 5) is 14.6. The predicted molar refractivity (Wildman–Crippen MR) is 84.5 cm³/mol. The molecule has 0 bridgehead atoms. The fourth-order valence-corrected chi connectivity index (χ4v) is 2.82. The molecule has 1 aliphatic heterocycles. The lowest BCUT2D eigenvalue weighted by Crippen LogP contribution is -2.59. The van der Waals surface area contributed by atoms with Gasteiger partial charge in [0.25, 0.3) is 0 Å². The van der Waals surface area contributed by atoms with Gasteiger partial charge in [0.15, 0.2) is 0 Å². The summed E-state index contributed by atoms with van der Waals surface area (Å²) < 4.78 is 14.0. The first-order chi connectivity index (χ1) is 9.91. The van der Waals surface area contributed by atoms with Crippen LogP contribution in [0.3, 0.4) is 0 Å². The van der Waals surface area contributed by atoms with Gasteiger partial charge in [0, 0.05) is 37.2 Å². The molecule has 1 aromatic carbocycles. The minimum Gasteiger partial charge on any atom is -0.350 e. The maximum absolute atomic E-state index is 13.2. The maximum atomic E-state index is 13.2. The Morgan fingerprint density at radius 3 is 2.76 bits per heavy atom. The summed E-state index contributed by atoms with van der Waals surface area (Å²) in [5.74, 6) is -0.343. The summed E-state index contributed by atoms with van der Waals surface area (Å²) in [6, 6.07) is 4.47. The maximum Gasteiger partial charge on any atom is 0.240 e. The molecule has 1 aromatic rings. The smallest absolute Gasteiger partial charge is 0.240 e. The molecule has 0 atom stereocenters. The minimum atomic E-state index is -0.568. The van der Waals surface area contributed by atoms with Crippen molar-refractivity contribution in [3.05, 3.63) is 34.1 Å². The van der Waals surface area contributed by atoms with E-state index >= 15 is 0 Å². The van der Waals surface area contributed by atoms with Crippen molar-refractivity contribution in [1.82, 2.24) is 15.5 Å². The number of piperazine rings is 1. The number of hydrogen-bond acceptors (Lipinski definition) is 3. The van der Waals surface area contributed by atoms with Gasteiger partial charge in [0.05, 0.1) is 5.54 Å². The molecule has 0 spiro atoms. The van der Waals surface area contributed by atoms with Crippen LogP contribution in [0.5, 0.6) is 0 Å². The zero-order valence-electron chi connectivity index (χ0n) is 12.4. The van der Waals surface area contributed by atoms with Gasteiger partial charge in [0.2, 0.25) is 5.91 Å². The number of halogens is 2. The van der Waals surface area contributed by atoms with Gasteiger partial charge in [0.1, 0.15) is 5.82 Å². The molecule has 2 rings (SSSR count). The molecule has 1 heterocycles. The van der Waals surface area contributed by atoms with Crippen molar-refractivity contribution < 1.29 is 9.18 Å². The van der Waals surface area contributed by atoms with E-state index in [1.54, 1.807) is 6.07 Å². The van der Waals surface area contributed by atoms with Crippen molar-refractivity contribution in [3.8, 4) is 0 Å². The van der Waals surface area contributed by atoms with E-state index in [1.807, 2.05) is 13.8 Å². The number of benzene rings is 1. The van der Waals surface area contributed by atoms with Crippen LogP contribution >= 0.6 is 15.9 Å². The molecule has 0 aromatic heterocycles. The predicted octanol–water partition coefficient (Wildman–Crippen LogP) is 1.89. The fourth-order valence-electron chi connectivity index (χ4n) is 2.44. The van der Waals surface area contributed by atoms with Crippen LogP contribution < -0.4 is 10.6 Å². The molecule has 0 radical (unpaired) electrons. The Morgan fingerprint density at radius 2 is 2.10 bits per heavy atom. The summed E-state index contributed by atoms with van der Waals surface area (Å²) >= 11 is 3.37. The molecule has 2 N–H and O–H groups in total. The molecule has 0 unspecified atom stereocenters. The summed E-state index contributed by atoms with van der Waals surface area (Å²) in [6.45, 7) is 7.65. The molecule has 1 amide bonds. The number of carbonyl (C=O) groups excluding carboxylic acids is 1. The van der Waals surface area contributed by atoms with E-state index in [0.29, 0.717) is 6.54 Å². The molecular formula is C15H21BrFN3O. The first-order valence-electron chi connectivity index (χ1n) is 7.09. The summed E-state index contributed by atoms with van der Waals surface area (Å²) in [6.07, 6.45) is 0. The Morgan fingerprint density at radius 1 is 1.43 bits per heavy atom. The quantitative estimate of drug-likeness (QED) is 0.864. The lowest BCUT2D eigenvalue weighted by Gasteiger charge is -2.39. The van der Waals surface area contributed by atoms with E-state index in [4.69, 9.17) is 0 Å². The number of hydrogen-bond donors (Lipinski definition) is 2. The highest BCUT2D eigenvalue weighted by Crippen LogP contribution is 2.19. The standard InChI is InChI=1S/C15H21BrFN3O/c1-15(2,20-7-5-18-6-8-20)14(21)19-10-11-9-12(17)3-4-13(11)16/h3-4,9,18H,5-8,10H2,1-2H3,(H,19,21). The highest BCUT2D eigenvalue weighted by molar-refractivity contribution is 9.10. The second kappa shape index (κ2) is 6.85. The van der Waals surface area contributed by atoms with Crippen LogP contribution in [0.2, 0.25) is 0 Å². The van der Waals surface area contributed by atoms with Crippen LogP contribution in [0.1, 0.15) is 19.4 Å². The summed E-state index contributed by atoms with van der Waals surface area (Å²) in [7, 11) is 0. The number of carbonyl (C=O) groups is 1. The van der Waals surface area contributed by atoms with E-state index in [1.165, 1.54) is 12.1 Å². The number of amides is 1. The molecule has 1 fully saturated rings. The number of nitrogens with one attached hydrogen (secondary N) is 2. The normalized spacial score (nSPS) is 16.8. The van der Waals surface area contributed by atoms with Crippen LogP contribution in [-0.2, 0) is 11.3 Å². The van der Waals surface area contributed by atoms with Crippen molar-refractivity contribution in [1.29, 1.82) is 0 Å². The van der Waals surface area contributed by atoms with E-state index in [-0.39, 0.29) is 11.7 Å². The summed E-state index contributed by atoms with van der Waals surface area (Å²) in [5, 5.41) is 6.18. The van der Waals surface area contributed by atoms with E-state index in [2.05, 4.69) is 31.5 Å². The summed E-state index contributed by atoms with van der Waals surface area (Å²) in [5.41, 5.74) is 0.168. The van der Waals surface area contributed by atoms with Crippen molar-refractivity contribution >= 4 is 21.8 Å². The van der Waals surface area contributed by atoms with Gasteiger partial charge in [-0.05, 0) is 37.6 Å². The van der Waals surface area contributed by atoms with E-state index in [9.17, 15) is 9.18 Å². The molecule has 6 heteroatoms. The van der Waals surface area contributed by atoms with Gasteiger partial charge in [-0.1, -0.05) is 15.9 Å². The van der Waals surface area contributed by atoms with Gasteiger partial charge in [-0.15, -0.1) is 0 Å². The highest BCUT2D eigenvalue weighted by Gasteiger charge is 2.34.